The van der Waals surface area contributed by atoms with Crippen LogP contribution in [0, 0.1) is 0 Å². The molecule has 2 rings (SSSR count). The highest BCUT2D eigenvalue weighted by Crippen LogP contribution is 2.29. The summed E-state index contributed by atoms with van der Waals surface area (Å²) in [6.07, 6.45) is 0.606. The zero-order valence-corrected chi connectivity index (χ0v) is 13.5. The number of carbonyl (C=O) groups is 1. The summed E-state index contributed by atoms with van der Waals surface area (Å²) >= 11 is 3.45. The highest BCUT2D eigenvalue weighted by Gasteiger charge is 2.29. The molecule has 0 aliphatic carbocycles. The van der Waals surface area contributed by atoms with Crippen LogP contribution < -0.4 is 5.32 Å². The van der Waals surface area contributed by atoms with Gasteiger partial charge in [-0.25, -0.2) is 0 Å². The number of hydrogen-bond donors (Lipinski definition) is 1. The van der Waals surface area contributed by atoms with E-state index in [4.69, 9.17) is 4.74 Å². The third-order valence-electron chi connectivity index (χ3n) is 3.79. The lowest BCUT2D eigenvalue weighted by Gasteiger charge is -2.39. The van der Waals surface area contributed by atoms with Crippen molar-refractivity contribution in [2.75, 3.05) is 26.7 Å². The van der Waals surface area contributed by atoms with Crippen LogP contribution in [0.15, 0.2) is 28.7 Å². The Bertz CT molecular complexity index is 450. The number of amides is 1. The summed E-state index contributed by atoms with van der Waals surface area (Å²) in [5, 5.41) is 2.67. The summed E-state index contributed by atoms with van der Waals surface area (Å²) in [7, 11) is 1.68. The van der Waals surface area contributed by atoms with Gasteiger partial charge in [0.1, 0.15) is 0 Å². The lowest BCUT2D eigenvalue weighted by atomic mass is 10.0. The molecule has 1 aliphatic heterocycles. The Morgan fingerprint density at radius 2 is 2.15 bits per heavy atom. The molecule has 2 atom stereocenters. The van der Waals surface area contributed by atoms with Crippen molar-refractivity contribution in [3.63, 3.8) is 0 Å². The molecular formula is C15H21BrN2O2. The lowest BCUT2D eigenvalue weighted by Crippen LogP contribution is -2.46. The highest BCUT2D eigenvalue weighted by molar-refractivity contribution is 9.10. The molecule has 1 saturated heterocycles. The second-order valence-corrected chi connectivity index (χ2v) is 5.96. The van der Waals surface area contributed by atoms with Crippen molar-refractivity contribution in [2.24, 2.45) is 0 Å². The number of nitrogens with one attached hydrogen (secondary N) is 1. The maximum absolute atomic E-state index is 11.4. The molecule has 0 radical (unpaired) electrons. The quantitative estimate of drug-likeness (QED) is 0.914. The number of morpholine rings is 1. The molecular weight excluding hydrogens is 320 g/mol. The van der Waals surface area contributed by atoms with Crippen LogP contribution in [0.5, 0.6) is 0 Å². The van der Waals surface area contributed by atoms with E-state index in [1.54, 1.807) is 7.05 Å². The van der Waals surface area contributed by atoms with Crippen molar-refractivity contribution in [3.05, 3.63) is 34.3 Å². The number of benzene rings is 1. The van der Waals surface area contributed by atoms with Crippen molar-refractivity contribution in [1.29, 1.82) is 0 Å². The van der Waals surface area contributed by atoms with Crippen LogP contribution in [-0.2, 0) is 9.53 Å². The van der Waals surface area contributed by atoms with Crippen molar-refractivity contribution < 1.29 is 9.53 Å². The third-order valence-corrected chi connectivity index (χ3v) is 4.32. The Labute approximate surface area is 128 Å². The predicted octanol–water partition coefficient (Wildman–Crippen LogP) is 2.35. The van der Waals surface area contributed by atoms with Gasteiger partial charge in [0.2, 0.25) is 5.91 Å². The largest absolute Gasteiger partial charge is 0.371 e. The maximum Gasteiger partial charge on any atom is 0.221 e. The second-order valence-electron chi connectivity index (χ2n) is 5.04. The normalized spacial score (nSPS) is 23.6. The summed E-state index contributed by atoms with van der Waals surface area (Å²) in [5.41, 5.74) is 1.19. The van der Waals surface area contributed by atoms with Gasteiger partial charge >= 0.3 is 0 Å². The van der Waals surface area contributed by atoms with Gasteiger partial charge in [-0.2, -0.15) is 0 Å². The molecule has 0 aromatic heterocycles. The van der Waals surface area contributed by atoms with Crippen LogP contribution in [0.1, 0.15) is 25.0 Å². The van der Waals surface area contributed by atoms with E-state index in [-0.39, 0.29) is 18.1 Å². The standard InChI is InChI=1S/C15H21BrN2O2/c1-11-15(12-3-5-13(16)6-4-12)20-10-9-18(11)8-7-14(19)17-2/h3-6,11,15H,7-10H2,1-2H3,(H,17,19)/t11-,15-/m0/s1. The van der Waals surface area contributed by atoms with Gasteiger partial charge in [-0.1, -0.05) is 28.1 Å². The molecule has 1 aliphatic rings. The molecule has 4 nitrogen and oxygen atoms in total. The minimum atomic E-state index is 0.0709. The van der Waals surface area contributed by atoms with E-state index in [2.05, 4.69) is 45.2 Å². The van der Waals surface area contributed by atoms with Crippen LogP contribution in [0.3, 0.4) is 0 Å². The first-order valence-corrected chi connectivity index (χ1v) is 7.73. The van der Waals surface area contributed by atoms with E-state index in [1.807, 2.05) is 12.1 Å². The molecule has 1 heterocycles. The zero-order chi connectivity index (χ0) is 14.5. The van der Waals surface area contributed by atoms with Gasteiger partial charge < -0.3 is 10.1 Å². The van der Waals surface area contributed by atoms with Crippen LogP contribution in [-0.4, -0.2) is 43.6 Å². The van der Waals surface area contributed by atoms with E-state index >= 15 is 0 Å². The van der Waals surface area contributed by atoms with Gasteiger partial charge in [-0.3, -0.25) is 9.69 Å². The molecule has 1 aromatic carbocycles. The van der Waals surface area contributed by atoms with Gasteiger partial charge in [0.05, 0.1) is 12.7 Å². The first kappa shape index (κ1) is 15.5. The number of rotatable bonds is 4. The summed E-state index contributed by atoms with van der Waals surface area (Å²) in [4.78, 5) is 13.7. The van der Waals surface area contributed by atoms with Gasteiger partial charge in [0, 0.05) is 37.1 Å². The predicted molar refractivity (Wildman–Crippen MR) is 82.6 cm³/mol. The number of ether oxygens (including phenoxy) is 1. The molecule has 5 heteroatoms. The summed E-state index contributed by atoms with van der Waals surface area (Å²) in [6, 6.07) is 8.53. The highest BCUT2D eigenvalue weighted by atomic mass is 79.9. The molecule has 0 unspecified atom stereocenters. The molecule has 1 amide bonds. The average molecular weight is 341 g/mol. The van der Waals surface area contributed by atoms with Gasteiger partial charge in [0.15, 0.2) is 0 Å². The first-order chi connectivity index (χ1) is 9.61. The second kappa shape index (κ2) is 7.20. The Morgan fingerprint density at radius 3 is 2.80 bits per heavy atom. The number of halogens is 1. The van der Waals surface area contributed by atoms with Crippen molar-refractivity contribution >= 4 is 21.8 Å². The molecule has 1 N–H and O–H groups in total. The van der Waals surface area contributed by atoms with E-state index in [9.17, 15) is 4.79 Å². The van der Waals surface area contributed by atoms with E-state index in [0.29, 0.717) is 13.0 Å². The van der Waals surface area contributed by atoms with Crippen molar-refractivity contribution in [2.45, 2.75) is 25.5 Å². The number of hydrogen-bond acceptors (Lipinski definition) is 3. The Hall–Kier alpha value is -0.910. The van der Waals surface area contributed by atoms with Crippen molar-refractivity contribution in [1.82, 2.24) is 10.2 Å². The van der Waals surface area contributed by atoms with Crippen LogP contribution in [0.4, 0.5) is 0 Å². The Balaban J connectivity index is 2.00. The average Bonchev–Trinajstić information content (AvgIpc) is 2.47. The third kappa shape index (κ3) is 3.81. The number of nitrogens with zero attached hydrogens (tertiary/aromatic N) is 1. The zero-order valence-electron chi connectivity index (χ0n) is 11.9. The molecule has 110 valence electrons. The first-order valence-electron chi connectivity index (χ1n) is 6.93. The Kier molecular flexibility index (Phi) is 5.57. The molecule has 1 aromatic rings. The van der Waals surface area contributed by atoms with Crippen LogP contribution >= 0.6 is 15.9 Å². The molecule has 0 bridgehead atoms. The molecule has 20 heavy (non-hydrogen) atoms. The monoisotopic (exact) mass is 340 g/mol. The van der Waals surface area contributed by atoms with Gasteiger partial charge in [0.25, 0.3) is 0 Å². The molecule has 1 fully saturated rings. The van der Waals surface area contributed by atoms with Crippen LogP contribution in [0.25, 0.3) is 0 Å². The van der Waals surface area contributed by atoms with E-state index in [0.717, 1.165) is 17.6 Å². The topological polar surface area (TPSA) is 41.6 Å². The van der Waals surface area contributed by atoms with Crippen molar-refractivity contribution in [3.8, 4) is 0 Å². The summed E-state index contributed by atoms with van der Waals surface area (Å²) in [5.74, 6) is 0.0869. The van der Waals surface area contributed by atoms with Gasteiger partial charge in [-0.15, -0.1) is 0 Å². The fourth-order valence-corrected chi connectivity index (χ4v) is 2.81. The smallest absolute Gasteiger partial charge is 0.221 e. The molecule has 0 saturated carbocycles. The summed E-state index contributed by atoms with van der Waals surface area (Å²) < 4.78 is 6.99. The molecule has 0 spiro atoms. The van der Waals surface area contributed by atoms with E-state index < -0.39 is 0 Å². The lowest BCUT2D eigenvalue weighted by molar-refractivity contribution is -0.122. The minimum Gasteiger partial charge on any atom is -0.371 e. The number of carbonyl (C=O) groups excluding carboxylic acids is 1. The fourth-order valence-electron chi connectivity index (χ4n) is 2.54. The Morgan fingerprint density at radius 1 is 1.45 bits per heavy atom. The van der Waals surface area contributed by atoms with Gasteiger partial charge in [-0.05, 0) is 24.6 Å². The maximum atomic E-state index is 11.4. The van der Waals surface area contributed by atoms with E-state index in [1.165, 1.54) is 5.56 Å². The SMILES string of the molecule is CNC(=O)CCN1CCO[C@H](c2ccc(Br)cc2)[C@@H]1C. The minimum absolute atomic E-state index is 0.0709. The fraction of sp³-hybridized carbons (Fsp3) is 0.533. The van der Waals surface area contributed by atoms with Crippen LogP contribution in [0.2, 0.25) is 0 Å². The summed E-state index contributed by atoms with van der Waals surface area (Å²) in [6.45, 7) is 4.52.